The van der Waals surface area contributed by atoms with Crippen molar-refractivity contribution >= 4 is 5.91 Å². The first kappa shape index (κ1) is 14.9. The highest BCUT2D eigenvalue weighted by Gasteiger charge is 2.11. The largest absolute Gasteiger partial charge is 0.419 e. The van der Waals surface area contributed by atoms with Crippen LogP contribution < -0.4 is 5.32 Å². The number of amides is 1. The fraction of sp³-hybridized carbons (Fsp3) is 0.118. The number of hydrogen-bond acceptors (Lipinski definition) is 4. The SMILES string of the molecule is O=C(Cc1ccccc1F)NCc1nnc(-c2ccccc2)o1. The second-order valence-corrected chi connectivity index (χ2v) is 4.91. The van der Waals surface area contributed by atoms with Crippen molar-refractivity contribution in [3.8, 4) is 11.5 Å². The van der Waals surface area contributed by atoms with Crippen LogP contribution in [0.25, 0.3) is 11.5 Å². The van der Waals surface area contributed by atoms with E-state index in [-0.39, 0.29) is 18.9 Å². The summed E-state index contributed by atoms with van der Waals surface area (Å²) in [6.45, 7) is 0.104. The Hall–Kier alpha value is -3.02. The normalized spacial score (nSPS) is 10.5. The summed E-state index contributed by atoms with van der Waals surface area (Å²) in [5.41, 5.74) is 1.16. The van der Waals surface area contributed by atoms with E-state index in [0.29, 0.717) is 17.3 Å². The number of rotatable bonds is 5. The first-order valence-corrected chi connectivity index (χ1v) is 7.10. The molecule has 1 aromatic heterocycles. The predicted molar refractivity (Wildman–Crippen MR) is 81.7 cm³/mol. The van der Waals surface area contributed by atoms with Crippen molar-refractivity contribution in [1.29, 1.82) is 0 Å². The van der Waals surface area contributed by atoms with Gasteiger partial charge < -0.3 is 9.73 Å². The highest BCUT2D eigenvalue weighted by Crippen LogP contribution is 2.16. The first-order valence-electron chi connectivity index (χ1n) is 7.10. The van der Waals surface area contributed by atoms with Gasteiger partial charge in [-0.1, -0.05) is 36.4 Å². The smallest absolute Gasteiger partial charge is 0.247 e. The lowest BCUT2D eigenvalue weighted by atomic mass is 10.1. The Morgan fingerprint density at radius 2 is 1.78 bits per heavy atom. The van der Waals surface area contributed by atoms with E-state index in [1.165, 1.54) is 6.07 Å². The van der Waals surface area contributed by atoms with Crippen LogP contribution in [0.4, 0.5) is 4.39 Å². The molecular weight excluding hydrogens is 297 g/mol. The highest BCUT2D eigenvalue weighted by molar-refractivity contribution is 5.78. The summed E-state index contributed by atoms with van der Waals surface area (Å²) >= 11 is 0. The average molecular weight is 311 g/mol. The second kappa shape index (κ2) is 6.83. The number of aromatic nitrogens is 2. The lowest BCUT2D eigenvalue weighted by Gasteiger charge is -2.03. The van der Waals surface area contributed by atoms with Crippen molar-refractivity contribution in [3.05, 3.63) is 71.9 Å². The van der Waals surface area contributed by atoms with Gasteiger partial charge in [0.1, 0.15) is 5.82 Å². The number of hydrogen-bond donors (Lipinski definition) is 1. The molecule has 0 saturated heterocycles. The molecule has 1 amide bonds. The van der Waals surface area contributed by atoms with Gasteiger partial charge in [-0.3, -0.25) is 4.79 Å². The van der Waals surface area contributed by atoms with Crippen LogP contribution in [0.2, 0.25) is 0 Å². The first-order chi connectivity index (χ1) is 11.2. The Balaban J connectivity index is 1.58. The molecule has 2 aromatic carbocycles. The van der Waals surface area contributed by atoms with Crippen LogP contribution in [0.3, 0.4) is 0 Å². The third kappa shape index (κ3) is 3.79. The van der Waals surface area contributed by atoms with E-state index in [0.717, 1.165) is 5.56 Å². The summed E-state index contributed by atoms with van der Waals surface area (Å²) in [4.78, 5) is 11.8. The van der Waals surface area contributed by atoms with Crippen molar-refractivity contribution < 1.29 is 13.6 Å². The van der Waals surface area contributed by atoms with Gasteiger partial charge in [0, 0.05) is 5.56 Å². The van der Waals surface area contributed by atoms with Crippen molar-refractivity contribution in [1.82, 2.24) is 15.5 Å². The topological polar surface area (TPSA) is 68.0 Å². The monoisotopic (exact) mass is 311 g/mol. The van der Waals surface area contributed by atoms with Crippen LogP contribution in [0.15, 0.2) is 59.0 Å². The van der Waals surface area contributed by atoms with E-state index in [1.807, 2.05) is 30.3 Å². The minimum Gasteiger partial charge on any atom is -0.419 e. The summed E-state index contributed by atoms with van der Waals surface area (Å²) in [5.74, 6) is -0.0175. The molecule has 0 aliphatic heterocycles. The molecule has 6 heteroatoms. The molecule has 23 heavy (non-hydrogen) atoms. The van der Waals surface area contributed by atoms with Gasteiger partial charge in [-0.2, -0.15) is 0 Å². The maximum atomic E-state index is 13.5. The van der Waals surface area contributed by atoms with E-state index in [9.17, 15) is 9.18 Å². The van der Waals surface area contributed by atoms with Crippen molar-refractivity contribution in [3.63, 3.8) is 0 Å². The minimum absolute atomic E-state index is 0.0354. The summed E-state index contributed by atoms with van der Waals surface area (Å²) in [7, 11) is 0. The zero-order valence-corrected chi connectivity index (χ0v) is 12.2. The zero-order chi connectivity index (χ0) is 16.1. The molecule has 3 rings (SSSR count). The molecule has 0 spiro atoms. The number of carbonyl (C=O) groups is 1. The Bertz CT molecular complexity index is 802. The summed E-state index contributed by atoms with van der Waals surface area (Å²) in [6, 6.07) is 15.5. The molecular formula is C17H14FN3O2. The van der Waals surface area contributed by atoms with Crippen LogP contribution in [0.1, 0.15) is 11.5 Å². The standard InChI is InChI=1S/C17H14FN3O2/c18-14-9-5-4-8-13(14)10-15(22)19-11-16-20-21-17(23-16)12-6-2-1-3-7-12/h1-9H,10-11H2,(H,19,22). The summed E-state index contributed by atoms with van der Waals surface area (Å²) < 4.78 is 19.0. The van der Waals surface area contributed by atoms with Gasteiger partial charge >= 0.3 is 0 Å². The Morgan fingerprint density at radius 3 is 2.57 bits per heavy atom. The highest BCUT2D eigenvalue weighted by atomic mass is 19.1. The van der Waals surface area contributed by atoms with Gasteiger partial charge in [0.25, 0.3) is 0 Å². The van der Waals surface area contributed by atoms with Crippen LogP contribution in [0.5, 0.6) is 0 Å². The molecule has 1 heterocycles. The van der Waals surface area contributed by atoms with Gasteiger partial charge in [-0.05, 0) is 23.8 Å². The van der Waals surface area contributed by atoms with Crippen LogP contribution in [0, 0.1) is 5.82 Å². The zero-order valence-electron chi connectivity index (χ0n) is 12.2. The molecule has 116 valence electrons. The molecule has 5 nitrogen and oxygen atoms in total. The Morgan fingerprint density at radius 1 is 1.04 bits per heavy atom. The molecule has 1 N–H and O–H groups in total. The minimum atomic E-state index is -0.396. The molecule has 0 bridgehead atoms. The third-order valence-corrected chi connectivity index (χ3v) is 3.23. The Labute approximate surface area is 132 Å². The summed E-state index contributed by atoms with van der Waals surface area (Å²) in [5, 5.41) is 10.5. The van der Waals surface area contributed by atoms with Gasteiger partial charge in [-0.15, -0.1) is 10.2 Å². The molecule has 0 fully saturated rings. The average Bonchev–Trinajstić information content (AvgIpc) is 3.05. The van der Waals surface area contributed by atoms with E-state index < -0.39 is 5.82 Å². The fourth-order valence-corrected chi connectivity index (χ4v) is 2.07. The van der Waals surface area contributed by atoms with E-state index in [4.69, 9.17) is 4.42 Å². The number of benzene rings is 2. The third-order valence-electron chi connectivity index (χ3n) is 3.23. The molecule has 0 aliphatic rings. The number of carbonyl (C=O) groups excluding carboxylic acids is 1. The van der Waals surface area contributed by atoms with Crippen molar-refractivity contribution in [2.24, 2.45) is 0 Å². The van der Waals surface area contributed by atoms with E-state index in [1.54, 1.807) is 18.2 Å². The number of nitrogens with one attached hydrogen (secondary N) is 1. The molecule has 0 radical (unpaired) electrons. The Kier molecular flexibility index (Phi) is 4.42. The van der Waals surface area contributed by atoms with Crippen LogP contribution in [-0.4, -0.2) is 16.1 Å². The van der Waals surface area contributed by atoms with E-state index >= 15 is 0 Å². The fourth-order valence-electron chi connectivity index (χ4n) is 2.07. The van der Waals surface area contributed by atoms with Crippen molar-refractivity contribution in [2.75, 3.05) is 0 Å². The predicted octanol–water partition coefficient (Wildman–Crippen LogP) is 2.73. The van der Waals surface area contributed by atoms with Gasteiger partial charge in [0.05, 0.1) is 13.0 Å². The molecule has 0 unspecified atom stereocenters. The molecule has 0 aliphatic carbocycles. The molecule has 0 atom stereocenters. The van der Waals surface area contributed by atoms with Gasteiger partial charge in [0.15, 0.2) is 0 Å². The van der Waals surface area contributed by atoms with Gasteiger partial charge in [0.2, 0.25) is 17.7 Å². The number of nitrogens with zero attached hydrogens (tertiary/aromatic N) is 2. The second-order valence-electron chi connectivity index (χ2n) is 4.91. The van der Waals surface area contributed by atoms with Crippen molar-refractivity contribution in [2.45, 2.75) is 13.0 Å². The lowest BCUT2D eigenvalue weighted by molar-refractivity contribution is -0.120. The maximum absolute atomic E-state index is 13.5. The van der Waals surface area contributed by atoms with Crippen LogP contribution in [-0.2, 0) is 17.8 Å². The molecule has 3 aromatic rings. The lowest BCUT2D eigenvalue weighted by Crippen LogP contribution is -2.25. The summed E-state index contributed by atoms with van der Waals surface area (Å²) in [6.07, 6.45) is -0.0354. The maximum Gasteiger partial charge on any atom is 0.247 e. The van der Waals surface area contributed by atoms with Crippen LogP contribution >= 0.6 is 0 Å². The quantitative estimate of drug-likeness (QED) is 0.786. The van der Waals surface area contributed by atoms with E-state index in [2.05, 4.69) is 15.5 Å². The molecule has 0 saturated carbocycles. The van der Waals surface area contributed by atoms with Gasteiger partial charge in [-0.25, -0.2) is 4.39 Å². The number of halogens is 1.